The van der Waals surface area contributed by atoms with Crippen LogP contribution in [0.3, 0.4) is 0 Å². The van der Waals surface area contributed by atoms with Crippen LogP contribution in [0.1, 0.15) is 85.5 Å². The molecule has 0 aromatic heterocycles. The van der Waals surface area contributed by atoms with Crippen LogP contribution in [-0.4, -0.2) is 25.2 Å². The molecule has 2 rings (SSSR count). The number of hydrogen-bond donors (Lipinski definition) is 0. The van der Waals surface area contributed by atoms with Gasteiger partial charge in [-0.1, -0.05) is 58.6 Å². The van der Waals surface area contributed by atoms with Crippen molar-refractivity contribution in [3.63, 3.8) is 0 Å². The fourth-order valence-electron chi connectivity index (χ4n) is 3.46. The van der Waals surface area contributed by atoms with E-state index in [1.165, 1.54) is 0 Å². The summed E-state index contributed by atoms with van der Waals surface area (Å²) in [7, 11) is 0. The zero-order valence-electron chi connectivity index (χ0n) is 20.8. The Kier molecular flexibility index (Phi) is 12.0. The molecular weight excluding hydrogens is 456 g/mol. The van der Waals surface area contributed by atoms with Crippen LogP contribution in [0.5, 0.6) is 23.0 Å². The summed E-state index contributed by atoms with van der Waals surface area (Å²) in [4.78, 5) is 25.2. The van der Waals surface area contributed by atoms with Crippen molar-refractivity contribution in [1.29, 1.82) is 0 Å². The van der Waals surface area contributed by atoms with Gasteiger partial charge in [0.25, 0.3) is 0 Å². The minimum Gasteiger partial charge on any atom is -0.486 e. The first-order chi connectivity index (χ1) is 16.5. The van der Waals surface area contributed by atoms with Gasteiger partial charge in [-0.2, -0.15) is 0 Å². The summed E-state index contributed by atoms with van der Waals surface area (Å²) in [5.41, 5.74) is 0. The fourth-order valence-corrected chi connectivity index (χ4v) is 3.63. The number of hydrogen-bond acceptors (Lipinski definition) is 6. The molecule has 0 atom stereocenters. The lowest BCUT2D eigenvalue weighted by Gasteiger charge is -2.21. The van der Waals surface area contributed by atoms with Crippen LogP contribution in [-0.2, 0) is 9.59 Å². The predicted octanol–water partition coefficient (Wildman–Crippen LogP) is 7.65. The molecule has 0 spiro atoms. The zero-order chi connectivity index (χ0) is 24.9. The quantitative estimate of drug-likeness (QED) is 0.144. The first kappa shape index (κ1) is 27.8. The van der Waals surface area contributed by atoms with E-state index in [2.05, 4.69) is 6.92 Å². The second-order valence-corrected chi connectivity index (χ2v) is 8.65. The predicted molar refractivity (Wildman–Crippen MR) is 135 cm³/mol. The van der Waals surface area contributed by atoms with Crippen molar-refractivity contribution in [3.05, 3.63) is 23.2 Å². The van der Waals surface area contributed by atoms with E-state index in [1.807, 2.05) is 20.8 Å². The Morgan fingerprint density at radius 2 is 1.26 bits per heavy atom. The van der Waals surface area contributed by atoms with E-state index in [9.17, 15) is 9.59 Å². The third-order valence-corrected chi connectivity index (χ3v) is 5.35. The highest BCUT2D eigenvalue weighted by molar-refractivity contribution is 6.31. The van der Waals surface area contributed by atoms with E-state index >= 15 is 0 Å². The third-order valence-electron chi connectivity index (χ3n) is 5.11. The van der Waals surface area contributed by atoms with Crippen LogP contribution < -0.4 is 18.9 Å². The molecule has 0 radical (unpaired) electrons. The number of unbranched alkanes of at least 4 members (excludes halogenated alkanes) is 3. The summed E-state index contributed by atoms with van der Waals surface area (Å²) in [5.74, 6) is 0.299. The molecule has 0 amide bonds. The molecule has 0 aliphatic carbocycles. The number of rotatable bonds is 15. The Bertz CT molecular complexity index is 956. The molecule has 0 N–H and O–H groups in total. The number of carbonyl (C=O) groups is 2. The van der Waals surface area contributed by atoms with Gasteiger partial charge in [0.1, 0.15) is 0 Å². The number of benzene rings is 2. The maximum absolute atomic E-state index is 12.8. The van der Waals surface area contributed by atoms with Gasteiger partial charge in [0.05, 0.1) is 13.2 Å². The normalized spacial score (nSPS) is 10.9. The summed E-state index contributed by atoms with van der Waals surface area (Å²) >= 11 is 6.31. The Hall–Kier alpha value is -2.47. The van der Waals surface area contributed by atoms with Crippen molar-refractivity contribution in [2.24, 2.45) is 0 Å². The molecule has 188 valence electrons. The molecule has 6 nitrogen and oxygen atoms in total. The maximum Gasteiger partial charge on any atom is 0.311 e. The van der Waals surface area contributed by atoms with Crippen LogP contribution in [0.2, 0.25) is 5.02 Å². The molecule has 0 heterocycles. The highest BCUT2D eigenvalue weighted by Crippen LogP contribution is 2.52. The summed E-state index contributed by atoms with van der Waals surface area (Å²) in [6, 6.07) is 5.14. The third kappa shape index (κ3) is 7.79. The number of carbonyl (C=O) groups excluding carboxylic acids is 2. The van der Waals surface area contributed by atoms with Crippen LogP contribution in [0.15, 0.2) is 18.2 Å². The van der Waals surface area contributed by atoms with Gasteiger partial charge in [-0.15, -0.1) is 0 Å². The van der Waals surface area contributed by atoms with Gasteiger partial charge < -0.3 is 18.9 Å². The van der Waals surface area contributed by atoms with E-state index in [4.69, 9.17) is 30.5 Å². The summed E-state index contributed by atoms with van der Waals surface area (Å²) in [6.45, 7) is 8.74. The smallest absolute Gasteiger partial charge is 0.311 e. The van der Waals surface area contributed by atoms with Gasteiger partial charge in [-0.25, -0.2) is 0 Å². The van der Waals surface area contributed by atoms with Crippen LogP contribution in [0.4, 0.5) is 0 Å². The van der Waals surface area contributed by atoms with Crippen molar-refractivity contribution < 1.29 is 28.5 Å². The number of fused-ring (bicyclic) bond motifs is 1. The van der Waals surface area contributed by atoms with Gasteiger partial charge in [-0.05, 0) is 43.9 Å². The highest BCUT2D eigenvalue weighted by atomic mass is 35.5. The molecule has 0 fully saturated rings. The average molecular weight is 493 g/mol. The van der Waals surface area contributed by atoms with Crippen LogP contribution in [0, 0.1) is 0 Å². The largest absolute Gasteiger partial charge is 0.486 e. The molecule has 34 heavy (non-hydrogen) atoms. The molecule has 0 saturated heterocycles. The molecule has 7 heteroatoms. The lowest BCUT2D eigenvalue weighted by Crippen LogP contribution is -2.13. The number of halogens is 1. The fraction of sp³-hybridized carbons (Fsp3) is 0.556. The van der Waals surface area contributed by atoms with Crippen molar-refractivity contribution in [2.45, 2.75) is 85.5 Å². The first-order valence-corrected chi connectivity index (χ1v) is 12.8. The molecule has 2 aromatic rings. The van der Waals surface area contributed by atoms with Crippen molar-refractivity contribution in [3.8, 4) is 23.0 Å². The molecular formula is C27H37ClO6. The van der Waals surface area contributed by atoms with E-state index < -0.39 is 0 Å². The average Bonchev–Trinajstić information content (AvgIpc) is 2.81. The second-order valence-electron chi connectivity index (χ2n) is 8.21. The second kappa shape index (κ2) is 14.7. The lowest BCUT2D eigenvalue weighted by molar-refractivity contribution is -0.135. The van der Waals surface area contributed by atoms with Gasteiger partial charge in [0.15, 0.2) is 11.5 Å². The van der Waals surface area contributed by atoms with E-state index in [-0.39, 0.29) is 41.4 Å². The number of ether oxygens (including phenoxy) is 4. The minimum absolute atomic E-state index is 0.243. The summed E-state index contributed by atoms with van der Waals surface area (Å²) < 4.78 is 23.7. The van der Waals surface area contributed by atoms with Gasteiger partial charge in [0, 0.05) is 28.6 Å². The molecule has 0 bridgehead atoms. The van der Waals surface area contributed by atoms with E-state index in [1.54, 1.807) is 18.2 Å². The van der Waals surface area contributed by atoms with Crippen molar-refractivity contribution in [2.75, 3.05) is 13.2 Å². The highest BCUT2D eigenvalue weighted by Gasteiger charge is 2.28. The van der Waals surface area contributed by atoms with Gasteiger partial charge in [-0.3, -0.25) is 9.59 Å². The van der Waals surface area contributed by atoms with Gasteiger partial charge in [0.2, 0.25) is 11.5 Å². The number of esters is 2. The van der Waals surface area contributed by atoms with E-state index in [0.717, 1.165) is 38.5 Å². The molecule has 0 aliphatic rings. The first-order valence-electron chi connectivity index (χ1n) is 12.4. The van der Waals surface area contributed by atoms with Gasteiger partial charge >= 0.3 is 11.9 Å². The Morgan fingerprint density at radius 3 is 1.82 bits per heavy atom. The Labute approximate surface area is 207 Å². The SMILES string of the molecule is CCCCCCC(=O)Oc1c(OCCC)c(OCCC)c(OC(=O)CCC)c2ccc(Cl)cc12. The topological polar surface area (TPSA) is 71.1 Å². The van der Waals surface area contributed by atoms with Crippen LogP contribution >= 0.6 is 11.6 Å². The zero-order valence-corrected chi connectivity index (χ0v) is 21.6. The molecule has 2 aromatic carbocycles. The van der Waals surface area contributed by atoms with Crippen LogP contribution in [0.25, 0.3) is 10.8 Å². The molecule has 0 aliphatic heterocycles. The standard InChI is InChI=1S/C27H37ClO6/c1-5-9-10-11-13-23(30)34-25-21-18-19(28)14-15-20(21)24(33-22(29)12-6-2)26(31-16-7-3)27(25)32-17-8-4/h14-15,18H,5-13,16-17H2,1-4H3. The minimum atomic E-state index is -0.373. The molecule has 0 saturated carbocycles. The van der Waals surface area contributed by atoms with Crippen molar-refractivity contribution >= 4 is 34.3 Å². The van der Waals surface area contributed by atoms with Crippen molar-refractivity contribution in [1.82, 2.24) is 0 Å². The lowest BCUT2D eigenvalue weighted by atomic mass is 10.1. The molecule has 0 unspecified atom stereocenters. The maximum atomic E-state index is 12.8. The summed E-state index contributed by atoms with van der Waals surface area (Å²) in [5, 5.41) is 1.56. The Balaban J connectivity index is 2.66. The summed E-state index contributed by atoms with van der Waals surface area (Å²) in [6.07, 6.45) is 6.57. The monoisotopic (exact) mass is 492 g/mol. The van der Waals surface area contributed by atoms with E-state index in [0.29, 0.717) is 41.9 Å². The Morgan fingerprint density at radius 1 is 0.676 bits per heavy atom.